The van der Waals surface area contributed by atoms with E-state index in [0.29, 0.717) is 42.8 Å². The van der Waals surface area contributed by atoms with Gasteiger partial charge in [-0.3, -0.25) is 14.3 Å². The van der Waals surface area contributed by atoms with Crippen molar-refractivity contribution in [2.24, 2.45) is 5.92 Å². The molecule has 3 aliphatic rings. The number of rotatable bonds is 7. The van der Waals surface area contributed by atoms with Crippen molar-refractivity contribution in [2.75, 3.05) is 32.8 Å². The Balaban J connectivity index is 1.15. The number of aryl methyl sites for hydroxylation is 2. The zero-order valence-corrected chi connectivity index (χ0v) is 22.4. The summed E-state index contributed by atoms with van der Waals surface area (Å²) < 4.78 is 8.32. The van der Waals surface area contributed by atoms with E-state index in [1.807, 2.05) is 25.1 Å². The molecule has 1 saturated heterocycles. The van der Waals surface area contributed by atoms with Gasteiger partial charge in [-0.05, 0) is 81.9 Å². The number of nitrogens with zero attached hydrogens (tertiary/aromatic N) is 4. The van der Waals surface area contributed by atoms with Gasteiger partial charge in [0.2, 0.25) is 5.91 Å². The van der Waals surface area contributed by atoms with Crippen molar-refractivity contribution >= 4 is 23.4 Å². The molecule has 2 aromatic rings. The number of aromatic nitrogens is 2. The van der Waals surface area contributed by atoms with Crippen LogP contribution >= 0.6 is 11.6 Å². The zero-order chi connectivity index (χ0) is 25.9. The summed E-state index contributed by atoms with van der Waals surface area (Å²) in [5.74, 6) is 1.11. The Labute approximate surface area is 223 Å². The van der Waals surface area contributed by atoms with Gasteiger partial charge < -0.3 is 19.6 Å². The van der Waals surface area contributed by atoms with Crippen LogP contribution < -0.4 is 4.74 Å². The van der Waals surface area contributed by atoms with E-state index in [-0.39, 0.29) is 17.9 Å². The average Bonchev–Trinajstić information content (AvgIpc) is 3.53. The Morgan fingerprint density at radius 1 is 1.08 bits per heavy atom. The maximum absolute atomic E-state index is 13.3. The first-order chi connectivity index (χ1) is 17.9. The van der Waals surface area contributed by atoms with Gasteiger partial charge in [-0.1, -0.05) is 17.7 Å². The lowest BCUT2D eigenvalue weighted by molar-refractivity contribution is -0.135. The molecule has 5 rings (SSSR count). The standard InChI is InChI=1S/C28H37ClN4O4/c1-19-5-10-23(29)25(17-19)37-21-8-6-20(7-9-21)11-12-33-24-4-2-3-22(24)27(30-33)28(36)32-15-13-31(14-16-32)26(35)18-34/h5,10,17,20-21,34H,2-4,6-9,11-16,18H2,1H3. The normalized spacial score (nSPS) is 21.7. The minimum atomic E-state index is -0.485. The van der Waals surface area contributed by atoms with Crippen molar-refractivity contribution in [3.8, 4) is 5.75 Å². The van der Waals surface area contributed by atoms with Crippen LogP contribution in [0, 0.1) is 12.8 Å². The molecule has 1 aromatic heterocycles. The summed E-state index contributed by atoms with van der Waals surface area (Å²) in [5.41, 5.74) is 4.09. The van der Waals surface area contributed by atoms with E-state index in [9.17, 15) is 9.59 Å². The summed E-state index contributed by atoms with van der Waals surface area (Å²) in [5, 5.41) is 14.6. The van der Waals surface area contributed by atoms with Gasteiger partial charge in [0, 0.05) is 44.0 Å². The van der Waals surface area contributed by atoms with Gasteiger partial charge >= 0.3 is 0 Å². The lowest BCUT2D eigenvalue weighted by Gasteiger charge is -2.34. The SMILES string of the molecule is Cc1ccc(Cl)c(OC2CCC(CCn3nc(C(=O)N4CCN(C(=O)CO)CC4)c4c3CCC4)CC2)c1. The Hall–Kier alpha value is -2.58. The molecule has 37 heavy (non-hydrogen) atoms. The monoisotopic (exact) mass is 528 g/mol. The number of aliphatic hydroxyl groups excluding tert-OH is 1. The second-order valence-corrected chi connectivity index (χ2v) is 11.1. The van der Waals surface area contributed by atoms with E-state index in [1.54, 1.807) is 9.80 Å². The minimum absolute atomic E-state index is 0.0273. The number of hydrogen-bond donors (Lipinski definition) is 1. The Kier molecular flexibility index (Phi) is 8.05. The van der Waals surface area contributed by atoms with Crippen LogP contribution in [0.1, 0.15) is 65.8 Å². The van der Waals surface area contributed by atoms with Gasteiger partial charge in [0.25, 0.3) is 5.91 Å². The molecule has 2 heterocycles. The van der Waals surface area contributed by atoms with Gasteiger partial charge in [-0.2, -0.15) is 5.10 Å². The number of halogens is 1. The number of piperazine rings is 1. The maximum atomic E-state index is 13.3. The molecule has 0 bridgehead atoms. The van der Waals surface area contributed by atoms with Gasteiger partial charge in [0.1, 0.15) is 12.4 Å². The molecule has 9 heteroatoms. The van der Waals surface area contributed by atoms with E-state index in [1.165, 1.54) is 5.69 Å². The molecule has 1 N–H and O–H groups in total. The van der Waals surface area contributed by atoms with E-state index in [2.05, 4.69) is 4.68 Å². The van der Waals surface area contributed by atoms with Crippen LogP contribution in [0.15, 0.2) is 18.2 Å². The van der Waals surface area contributed by atoms with E-state index in [0.717, 1.165) is 74.8 Å². The number of benzene rings is 1. The van der Waals surface area contributed by atoms with Crippen molar-refractivity contribution in [3.63, 3.8) is 0 Å². The van der Waals surface area contributed by atoms with Crippen molar-refractivity contribution in [2.45, 2.75) is 70.9 Å². The molecule has 200 valence electrons. The van der Waals surface area contributed by atoms with Crippen LogP contribution in [0.4, 0.5) is 0 Å². The quantitative estimate of drug-likeness (QED) is 0.593. The molecule has 2 amide bonds. The van der Waals surface area contributed by atoms with Crippen molar-refractivity contribution in [3.05, 3.63) is 45.7 Å². The molecule has 1 saturated carbocycles. The predicted octanol–water partition coefficient (Wildman–Crippen LogP) is 3.64. The first kappa shape index (κ1) is 26.0. The summed E-state index contributed by atoms with van der Waals surface area (Å²) in [7, 11) is 0. The van der Waals surface area contributed by atoms with Crippen LogP contribution in [0.25, 0.3) is 0 Å². The molecule has 1 aliphatic heterocycles. The molecule has 0 radical (unpaired) electrons. The smallest absolute Gasteiger partial charge is 0.274 e. The molecule has 8 nitrogen and oxygen atoms in total. The zero-order valence-electron chi connectivity index (χ0n) is 21.6. The number of aliphatic hydroxyl groups is 1. The van der Waals surface area contributed by atoms with Gasteiger partial charge in [0.15, 0.2) is 5.69 Å². The van der Waals surface area contributed by atoms with Crippen molar-refractivity contribution in [1.82, 2.24) is 19.6 Å². The van der Waals surface area contributed by atoms with Gasteiger partial charge in [-0.15, -0.1) is 0 Å². The number of ether oxygens (including phenoxy) is 1. The third kappa shape index (κ3) is 5.80. The lowest BCUT2D eigenvalue weighted by Crippen LogP contribution is -2.51. The largest absolute Gasteiger partial charge is 0.489 e. The van der Waals surface area contributed by atoms with Gasteiger partial charge in [-0.25, -0.2) is 0 Å². The first-order valence-corrected chi connectivity index (χ1v) is 14.0. The Morgan fingerprint density at radius 3 is 2.54 bits per heavy atom. The number of amides is 2. The topological polar surface area (TPSA) is 87.9 Å². The number of hydrogen-bond acceptors (Lipinski definition) is 5. The Morgan fingerprint density at radius 2 is 1.81 bits per heavy atom. The molecular formula is C28H37ClN4O4. The molecular weight excluding hydrogens is 492 g/mol. The fourth-order valence-electron chi connectivity index (χ4n) is 6.00. The summed E-state index contributed by atoms with van der Waals surface area (Å²) in [6.45, 7) is 4.27. The lowest BCUT2D eigenvalue weighted by atomic mass is 9.85. The Bertz CT molecular complexity index is 1130. The average molecular weight is 529 g/mol. The fraction of sp³-hybridized carbons (Fsp3) is 0.607. The fourth-order valence-corrected chi connectivity index (χ4v) is 6.16. The molecule has 1 aromatic carbocycles. The molecule has 0 spiro atoms. The summed E-state index contributed by atoms with van der Waals surface area (Å²) >= 11 is 6.32. The predicted molar refractivity (Wildman–Crippen MR) is 141 cm³/mol. The highest BCUT2D eigenvalue weighted by molar-refractivity contribution is 6.32. The number of carbonyl (C=O) groups is 2. The minimum Gasteiger partial charge on any atom is -0.489 e. The molecule has 2 aliphatic carbocycles. The highest BCUT2D eigenvalue weighted by atomic mass is 35.5. The number of carbonyl (C=O) groups excluding carboxylic acids is 2. The van der Waals surface area contributed by atoms with Crippen LogP contribution in [0.3, 0.4) is 0 Å². The van der Waals surface area contributed by atoms with Crippen molar-refractivity contribution in [1.29, 1.82) is 0 Å². The highest BCUT2D eigenvalue weighted by Gasteiger charge is 2.32. The third-order valence-corrected chi connectivity index (χ3v) is 8.50. The van der Waals surface area contributed by atoms with E-state index in [4.69, 9.17) is 26.5 Å². The maximum Gasteiger partial charge on any atom is 0.274 e. The molecule has 0 unspecified atom stereocenters. The first-order valence-electron chi connectivity index (χ1n) is 13.6. The molecule has 0 atom stereocenters. The second kappa shape index (κ2) is 11.4. The second-order valence-electron chi connectivity index (χ2n) is 10.7. The van der Waals surface area contributed by atoms with Crippen LogP contribution in [0.2, 0.25) is 5.02 Å². The van der Waals surface area contributed by atoms with Crippen LogP contribution in [-0.4, -0.2) is 75.4 Å². The third-order valence-electron chi connectivity index (χ3n) is 8.19. The summed E-state index contributed by atoms with van der Waals surface area (Å²) in [4.78, 5) is 28.5. The highest BCUT2D eigenvalue weighted by Crippen LogP contribution is 2.34. The summed E-state index contributed by atoms with van der Waals surface area (Å²) in [6, 6.07) is 5.91. The molecule has 2 fully saturated rings. The summed E-state index contributed by atoms with van der Waals surface area (Å²) in [6.07, 6.45) is 8.52. The van der Waals surface area contributed by atoms with E-state index < -0.39 is 6.61 Å². The van der Waals surface area contributed by atoms with E-state index >= 15 is 0 Å². The number of fused-ring (bicyclic) bond motifs is 1. The van der Waals surface area contributed by atoms with Crippen molar-refractivity contribution < 1.29 is 19.4 Å². The van der Waals surface area contributed by atoms with Crippen LogP contribution in [0.5, 0.6) is 5.75 Å². The van der Waals surface area contributed by atoms with Gasteiger partial charge in [0.05, 0.1) is 11.1 Å². The van der Waals surface area contributed by atoms with Crippen LogP contribution in [-0.2, 0) is 24.2 Å².